The Kier molecular flexibility index (Phi) is 9.03. The number of rotatable bonds is 6. The largest absolute Gasteiger partial charge is 0.444 e. The molecule has 1 aliphatic rings. The number of nitrogens with one attached hydrogen (secondary N) is 2. The van der Waals surface area contributed by atoms with E-state index in [9.17, 15) is 4.39 Å². The van der Waals surface area contributed by atoms with Crippen LogP contribution in [0.3, 0.4) is 0 Å². The number of aromatic nitrogens is 1. The third kappa shape index (κ3) is 6.79. The molecular weight excluding hydrogens is 458 g/mol. The summed E-state index contributed by atoms with van der Waals surface area (Å²) in [5.41, 5.74) is 1.62. The molecule has 148 valence electrons. The molecule has 27 heavy (non-hydrogen) atoms. The van der Waals surface area contributed by atoms with Gasteiger partial charge in [0.25, 0.3) is 0 Å². The highest BCUT2D eigenvalue weighted by Crippen LogP contribution is 2.19. The van der Waals surface area contributed by atoms with Crippen LogP contribution < -0.4 is 10.6 Å². The summed E-state index contributed by atoms with van der Waals surface area (Å²) in [4.78, 5) is 9.13. The Balaban J connectivity index is 0.00000261. The summed E-state index contributed by atoms with van der Waals surface area (Å²) in [5.74, 6) is 1.12. The van der Waals surface area contributed by atoms with Crippen LogP contribution in [-0.4, -0.2) is 30.1 Å². The molecule has 2 N–H and O–H groups in total. The first-order valence-corrected chi connectivity index (χ1v) is 9.50. The van der Waals surface area contributed by atoms with Gasteiger partial charge in [-0.2, -0.15) is 0 Å². The van der Waals surface area contributed by atoms with Crippen molar-refractivity contribution in [2.24, 2.45) is 4.99 Å². The Morgan fingerprint density at radius 3 is 2.67 bits per heavy atom. The number of hydrogen-bond donors (Lipinski definition) is 2. The van der Waals surface area contributed by atoms with Crippen LogP contribution in [0.15, 0.2) is 39.9 Å². The molecule has 3 rings (SSSR count). The van der Waals surface area contributed by atoms with Crippen molar-refractivity contribution in [3.63, 3.8) is 0 Å². The molecule has 0 amide bonds. The molecule has 0 radical (unpaired) electrons. The lowest BCUT2D eigenvalue weighted by atomic mass is 9.96. The third-order valence-electron chi connectivity index (χ3n) is 4.57. The Morgan fingerprint density at radius 2 is 1.96 bits per heavy atom. The second kappa shape index (κ2) is 11.3. The second-order valence-corrected chi connectivity index (χ2v) is 6.64. The van der Waals surface area contributed by atoms with E-state index in [-0.39, 0.29) is 29.8 Å². The van der Waals surface area contributed by atoms with Crippen LogP contribution >= 0.6 is 24.0 Å². The third-order valence-corrected chi connectivity index (χ3v) is 4.57. The molecule has 7 heteroatoms. The summed E-state index contributed by atoms with van der Waals surface area (Å²) in [5, 5.41) is 6.85. The number of nitrogens with zero attached hydrogens (tertiary/aromatic N) is 2. The zero-order valence-corrected chi connectivity index (χ0v) is 18.0. The van der Waals surface area contributed by atoms with Gasteiger partial charge in [-0.3, -0.25) is 4.99 Å². The maximum absolute atomic E-state index is 13.0. The Labute approximate surface area is 177 Å². The van der Waals surface area contributed by atoms with E-state index in [2.05, 4.69) is 27.5 Å². The van der Waals surface area contributed by atoms with Gasteiger partial charge in [-0.25, -0.2) is 9.37 Å². The van der Waals surface area contributed by atoms with Crippen molar-refractivity contribution in [3.8, 4) is 11.5 Å². The van der Waals surface area contributed by atoms with Crippen LogP contribution in [0.5, 0.6) is 0 Å². The first-order chi connectivity index (χ1) is 12.7. The van der Waals surface area contributed by atoms with Crippen molar-refractivity contribution >= 4 is 29.9 Å². The molecular formula is C20H28FIN4O. The zero-order chi connectivity index (χ0) is 18.2. The Bertz CT molecular complexity index is 711. The van der Waals surface area contributed by atoms with Crippen LogP contribution in [0.25, 0.3) is 11.5 Å². The van der Waals surface area contributed by atoms with Crippen LogP contribution in [0, 0.1) is 5.82 Å². The van der Waals surface area contributed by atoms with Crippen molar-refractivity contribution in [2.45, 2.75) is 51.5 Å². The van der Waals surface area contributed by atoms with Crippen molar-refractivity contribution in [1.82, 2.24) is 15.6 Å². The fraction of sp³-hybridized carbons (Fsp3) is 0.500. The summed E-state index contributed by atoms with van der Waals surface area (Å²) in [7, 11) is 0. The number of hydrogen-bond acceptors (Lipinski definition) is 3. The van der Waals surface area contributed by atoms with Crippen molar-refractivity contribution in [2.75, 3.05) is 13.1 Å². The molecule has 5 nitrogen and oxygen atoms in total. The van der Waals surface area contributed by atoms with Gasteiger partial charge in [0, 0.05) is 31.1 Å². The van der Waals surface area contributed by atoms with E-state index >= 15 is 0 Å². The number of halogens is 2. The lowest BCUT2D eigenvalue weighted by molar-refractivity contribution is 0.410. The van der Waals surface area contributed by atoms with Gasteiger partial charge >= 0.3 is 0 Å². The average molecular weight is 486 g/mol. The molecule has 0 spiro atoms. The van der Waals surface area contributed by atoms with Gasteiger partial charge in [0.2, 0.25) is 5.89 Å². The van der Waals surface area contributed by atoms with Crippen molar-refractivity contribution in [1.29, 1.82) is 0 Å². The number of aliphatic imine (C=N–C) groups is 1. The van der Waals surface area contributed by atoms with E-state index in [0.29, 0.717) is 24.9 Å². The predicted molar refractivity (Wildman–Crippen MR) is 117 cm³/mol. The molecule has 1 aliphatic carbocycles. The number of benzene rings is 1. The molecule has 2 aromatic rings. The molecule has 0 saturated heterocycles. The molecule has 0 unspecified atom stereocenters. The van der Waals surface area contributed by atoms with E-state index < -0.39 is 0 Å². The molecule has 0 atom stereocenters. The molecule has 0 bridgehead atoms. The van der Waals surface area contributed by atoms with Gasteiger partial charge in [0.05, 0.1) is 5.69 Å². The van der Waals surface area contributed by atoms with E-state index in [1.54, 1.807) is 18.4 Å². The monoisotopic (exact) mass is 486 g/mol. The zero-order valence-electron chi connectivity index (χ0n) is 15.7. The highest BCUT2D eigenvalue weighted by molar-refractivity contribution is 14.0. The maximum atomic E-state index is 13.0. The minimum absolute atomic E-state index is 0. The topological polar surface area (TPSA) is 62.5 Å². The van der Waals surface area contributed by atoms with Crippen LogP contribution in [0.2, 0.25) is 0 Å². The van der Waals surface area contributed by atoms with Gasteiger partial charge in [-0.15, -0.1) is 24.0 Å². The van der Waals surface area contributed by atoms with Crippen molar-refractivity contribution < 1.29 is 8.81 Å². The maximum Gasteiger partial charge on any atom is 0.226 e. The lowest BCUT2D eigenvalue weighted by Gasteiger charge is -2.24. The van der Waals surface area contributed by atoms with Gasteiger partial charge in [0.1, 0.15) is 12.1 Å². The molecule has 1 fully saturated rings. The molecule has 0 aliphatic heterocycles. The summed E-state index contributed by atoms with van der Waals surface area (Å²) < 4.78 is 18.5. The SMILES string of the molecule is CCNC(=NCCc1coc(-c2ccc(F)cc2)n1)NC1CCCCC1.I. The standard InChI is InChI=1S/C20H27FN4O.HI/c1-2-22-20(25-17-6-4-3-5-7-17)23-13-12-18-14-26-19(24-18)15-8-10-16(21)11-9-15;/h8-11,14,17H,2-7,12-13H2,1H3,(H2,22,23,25);1H. The minimum atomic E-state index is -0.267. The summed E-state index contributed by atoms with van der Waals surface area (Å²) in [6, 6.07) is 6.67. The highest BCUT2D eigenvalue weighted by atomic mass is 127. The summed E-state index contributed by atoms with van der Waals surface area (Å²) >= 11 is 0. The van der Waals surface area contributed by atoms with E-state index in [0.717, 1.165) is 23.8 Å². The van der Waals surface area contributed by atoms with Crippen LogP contribution in [-0.2, 0) is 6.42 Å². The lowest BCUT2D eigenvalue weighted by Crippen LogP contribution is -2.44. The molecule has 1 aromatic carbocycles. The highest BCUT2D eigenvalue weighted by Gasteiger charge is 2.14. The summed E-state index contributed by atoms with van der Waals surface area (Å²) in [6.07, 6.45) is 8.71. The number of oxazole rings is 1. The summed E-state index contributed by atoms with van der Waals surface area (Å²) in [6.45, 7) is 3.55. The minimum Gasteiger partial charge on any atom is -0.444 e. The van der Waals surface area contributed by atoms with Gasteiger partial charge in [0.15, 0.2) is 5.96 Å². The quantitative estimate of drug-likeness (QED) is 0.358. The van der Waals surface area contributed by atoms with E-state index in [1.165, 1.54) is 44.2 Å². The van der Waals surface area contributed by atoms with Gasteiger partial charge in [-0.05, 0) is 44.0 Å². The normalized spacial score (nSPS) is 15.3. The average Bonchev–Trinajstić information content (AvgIpc) is 3.12. The molecule has 1 saturated carbocycles. The second-order valence-electron chi connectivity index (χ2n) is 6.64. The fourth-order valence-corrected chi connectivity index (χ4v) is 3.19. The number of guanidine groups is 1. The van der Waals surface area contributed by atoms with Crippen molar-refractivity contribution in [3.05, 3.63) is 42.0 Å². The Morgan fingerprint density at radius 1 is 1.22 bits per heavy atom. The fourth-order valence-electron chi connectivity index (χ4n) is 3.19. The molecule has 1 heterocycles. The van der Waals surface area contributed by atoms with E-state index in [4.69, 9.17) is 4.42 Å². The van der Waals surface area contributed by atoms with Crippen LogP contribution in [0.4, 0.5) is 4.39 Å². The molecule has 1 aromatic heterocycles. The van der Waals surface area contributed by atoms with Gasteiger partial charge in [-0.1, -0.05) is 19.3 Å². The van der Waals surface area contributed by atoms with E-state index in [1.807, 2.05) is 0 Å². The van der Waals surface area contributed by atoms with Gasteiger partial charge < -0.3 is 15.1 Å². The predicted octanol–water partition coefficient (Wildman–Crippen LogP) is 4.53. The first-order valence-electron chi connectivity index (χ1n) is 9.50. The smallest absolute Gasteiger partial charge is 0.226 e. The first kappa shape index (κ1) is 21.7. The Hall–Kier alpha value is -1.64. The van der Waals surface area contributed by atoms with Crippen LogP contribution in [0.1, 0.15) is 44.7 Å².